The number of rotatable bonds is 5. The van der Waals surface area contributed by atoms with E-state index in [9.17, 15) is 4.79 Å². The van der Waals surface area contributed by atoms with E-state index in [2.05, 4.69) is 33.3 Å². The Morgan fingerprint density at radius 2 is 2.03 bits per heavy atom. The maximum absolute atomic E-state index is 12.8. The number of benzene rings is 1. The van der Waals surface area contributed by atoms with Gasteiger partial charge in [0.1, 0.15) is 5.82 Å². The Labute approximate surface area is 184 Å². The Morgan fingerprint density at radius 3 is 2.81 bits per heavy atom. The van der Waals surface area contributed by atoms with E-state index < -0.39 is 0 Å². The molecular formula is C23H22N6OS. The molecule has 3 heterocycles. The Hall–Kier alpha value is -3.36. The summed E-state index contributed by atoms with van der Waals surface area (Å²) in [4.78, 5) is 23.9. The van der Waals surface area contributed by atoms with Crippen LogP contribution in [-0.4, -0.2) is 51.5 Å². The number of hydrogen-bond acceptors (Lipinski definition) is 7. The molecule has 0 atom stereocenters. The minimum atomic E-state index is -0.243. The number of aromatic nitrogens is 2. The van der Waals surface area contributed by atoms with Gasteiger partial charge in [0.05, 0.1) is 16.3 Å². The van der Waals surface area contributed by atoms with Gasteiger partial charge in [-0.05, 0) is 48.7 Å². The van der Waals surface area contributed by atoms with Gasteiger partial charge >= 0.3 is 0 Å². The molecule has 8 heteroatoms. The number of pyridine rings is 2. The van der Waals surface area contributed by atoms with Crippen LogP contribution in [0.25, 0.3) is 16.3 Å². The molecule has 0 aliphatic carbocycles. The Morgan fingerprint density at radius 1 is 1.16 bits per heavy atom. The fourth-order valence-electron chi connectivity index (χ4n) is 3.42. The van der Waals surface area contributed by atoms with Gasteiger partial charge in [0.25, 0.3) is 5.91 Å². The number of hydrogen-bond donors (Lipinski definition) is 3. The second-order valence-electron chi connectivity index (χ2n) is 7.32. The van der Waals surface area contributed by atoms with Crippen LogP contribution in [0.3, 0.4) is 0 Å². The average molecular weight is 431 g/mol. The van der Waals surface area contributed by atoms with Crippen molar-refractivity contribution >= 4 is 50.4 Å². The van der Waals surface area contributed by atoms with Crippen molar-refractivity contribution < 1.29 is 4.79 Å². The molecule has 0 spiro atoms. The number of likely N-dealkylation sites (N-methyl/N-ethyl adjacent to an activating group) is 1. The SMILES string of the molecule is CN1CC=C(c2cc(C(=O)Nc3cc4cc(C(=N)SC=N)ccc4cn3)ccn2)CC1. The van der Waals surface area contributed by atoms with Gasteiger partial charge in [0.15, 0.2) is 0 Å². The van der Waals surface area contributed by atoms with Crippen molar-refractivity contribution in [2.45, 2.75) is 6.42 Å². The number of fused-ring (bicyclic) bond motifs is 1. The van der Waals surface area contributed by atoms with Gasteiger partial charge in [0, 0.05) is 42.0 Å². The van der Waals surface area contributed by atoms with Crippen molar-refractivity contribution in [1.82, 2.24) is 14.9 Å². The molecule has 0 saturated carbocycles. The molecule has 7 nitrogen and oxygen atoms in total. The second-order valence-corrected chi connectivity index (χ2v) is 8.20. The molecule has 156 valence electrons. The van der Waals surface area contributed by atoms with Gasteiger partial charge in [-0.15, -0.1) is 0 Å². The molecule has 2 aromatic heterocycles. The van der Waals surface area contributed by atoms with E-state index >= 15 is 0 Å². The van der Waals surface area contributed by atoms with Crippen LogP contribution >= 0.6 is 11.8 Å². The number of thioether (sulfide) groups is 1. The Bertz CT molecular complexity index is 1210. The van der Waals surface area contributed by atoms with E-state index in [-0.39, 0.29) is 5.91 Å². The molecule has 0 bridgehead atoms. The number of carbonyl (C=O) groups is 1. The van der Waals surface area contributed by atoms with Crippen LogP contribution in [-0.2, 0) is 0 Å². The number of anilines is 1. The first-order valence-corrected chi connectivity index (χ1v) is 10.7. The maximum Gasteiger partial charge on any atom is 0.256 e. The van der Waals surface area contributed by atoms with E-state index in [0.29, 0.717) is 16.4 Å². The predicted octanol–water partition coefficient (Wildman–Crippen LogP) is 4.27. The molecule has 0 fully saturated rings. The first kappa shape index (κ1) is 20.9. The zero-order valence-corrected chi connectivity index (χ0v) is 17.9. The van der Waals surface area contributed by atoms with Crippen molar-refractivity contribution in [2.75, 3.05) is 25.5 Å². The second kappa shape index (κ2) is 9.20. The quantitative estimate of drug-likeness (QED) is 0.414. The van der Waals surface area contributed by atoms with Gasteiger partial charge in [-0.25, -0.2) is 4.98 Å². The predicted molar refractivity (Wildman–Crippen MR) is 127 cm³/mol. The number of amides is 1. The Balaban J connectivity index is 1.55. The van der Waals surface area contributed by atoms with Gasteiger partial charge < -0.3 is 15.6 Å². The summed E-state index contributed by atoms with van der Waals surface area (Å²) in [5.74, 6) is 0.199. The third-order valence-electron chi connectivity index (χ3n) is 5.17. The molecule has 1 aliphatic rings. The van der Waals surface area contributed by atoms with Crippen LogP contribution in [0.1, 0.15) is 28.0 Å². The van der Waals surface area contributed by atoms with Crippen LogP contribution in [0.4, 0.5) is 5.82 Å². The summed E-state index contributed by atoms with van der Waals surface area (Å²) in [7, 11) is 2.08. The highest BCUT2D eigenvalue weighted by molar-refractivity contribution is 8.25. The summed E-state index contributed by atoms with van der Waals surface area (Å²) < 4.78 is 0. The average Bonchev–Trinajstić information content (AvgIpc) is 2.79. The van der Waals surface area contributed by atoms with E-state index in [1.165, 1.54) is 0 Å². The molecule has 0 saturated heterocycles. The topological polar surface area (TPSA) is 106 Å². The maximum atomic E-state index is 12.8. The lowest BCUT2D eigenvalue weighted by atomic mass is 10.0. The van der Waals surface area contributed by atoms with Gasteiger partial charge in [-0.2, -0.15) is 0 Å². The molecule has 0 radical (unpaired) electrons. The molecule has 3 aromatic rings. The minimum absolute atomic E-state index is 0.243. The van der Waals surface area contributed by atoms with Crippen molar-refractivity contribution in [3.8, 4) is 0 Å². The number of carbonyl (C=O) groups excluding carboxylic acids is 1. The highest BCUT2D eigenvalue weighted by atomic mass is 32.2. The van der Waals surface area contributed by atoms with Crippen molar-refractivity contribution in [2.24, 2.45) is 0 Å². The van der Waals surface area contributed by atoms with Crippen molar-refractivity contribution in [3.05, 3.63) is 71.7 Å². The van der Waals surface area contributed by atoms with E-state index in [0.717, 1.165) is 64.4 Å². The largest absolute Gasteiger partial charge is 0.307 e. The molecule has 3 N–H and O–H groups in total. The third kappa shape index (κ3) is 4.87. The van der Waals surface area contributed by atoms with E-state index in [1.807, 2.05) is 24.3 Å². The molecule has 31 heavy (non-hydrogen) atoms. The number of nitrogens with one attached hydrogen (secondary N) is 3. The van der Waals surface area contributed by atoms with Crippen LogP contribution in [0.15, 0.2) is 54.9 Å². The van der Waals surface area contributed by atoms with Crippen LogP contribution in [0.2, 0.25) is 0 Å². The zero-order valence-electron chi connectivity index (χ0n) is 17.1. The number of nitrogens with zero attached hydrogens (tertiary/aromatic N) is 3. The summed E-state index contributed by atoms with van der Waals surface area (Å²) >= 11 is 1.04. The third-order valence-corrected chi connectivity index (χ3v) is 5.75. The van der Waals surface area contributed by atoms with Crippen molar-refractivity contribution in [3.63, 3.8) is 0 Å². The highest BCUT2D eigenvalue weighted by Crippen LogP contribution is 2.23. The van der Waals surface area contributed by atoms with E-state index in [4.69, 9.17) is 10.8 Å². The molecule has 0 unspecified atom stereocenters. The van der Waals surface area contributed by atoms with Gasteiger partial charge in [-0.1, -0.05) is 30.0 Å². The summed E-state index contributed by atoms with van der Waals surface area (Å²) in [6.45, 7) is 1.86. The van der Waals surface area contributed by atoms with Gasteiger partial charge in [0.2, 0.25) is 0 Å². The lowest BCUT2D eigenvalue weighted by Crippen LogP contribution is -2.24. The van der Waals surface area contributed by atoms with Crippen LogP contribution in [0.5, 0.6) is 0 Å². The molecule has 4 rings (SSSR count). The smallest absolute Gasteiger partial charge is 0.256 e. The van der Waals surface area contributed by atoms with E-state index in [1.54, 1.807) is 24.5 Å². The lowest BCUT2D eigenvalue weighted by Gasteiger charge is -2.21. The standard InChI is InChI=1S/C23H22N6OS/c1-29-8-5-15(6-9-29)20-11-17(4-7-26-20)23(30)28-21-12-19-10-16(22(25)31-14-24)2-3-18(19)13-27-21/h2-5,7,10-14,24-25H,6,8-9H2,1H3,(H,27,28,30). The minimum Gasteiger partial charge on any atom is -0.307 e. The Kier molecular flexibility index (Phi) is 6.20. The zero-order chi connectivity index (χ0) is 21.8. The highest BCUT2D eigenvalue weighted by Gasteiger charge is 2.14. The van der Waals surface area contributed by atoms with Crippen LogP contribution in [0, 0.1) is 10.8 Å². The fourth-order valence-corrected chi connectivity index (χ4v) is 3.80. The monoisotopic (exact) mass is 430 g/mol. The normalized spacial score (nSPS) is 14.2. The molecule has 1 amide bonds. The summed E-state index contributed by atoms with van der Waals surface area (Å²) in [5, 5.41) is 20.1. The first-order chi connectivity index (χ1) is 15.0. The summed E-state index contributed by atoms with van der Waals surface area (Å²) in [6, 6.07) is 10.9. The van der Waals surface area contributed by atoms with Crippen LogP contribution < -0.4 is 5.32 Å². The summed E-state index contributed by atoms with van der Waals surface area (Å²) in [5.41, 5.74) is 4.38. The lowest BCUT2D eigenvalue weighted by molar-refractivity contribution is 0.102. The van der Waals surface area contributed by atoms with Crippen molar-refractivity contribution in [1.29, 1.82) is 10.8 Å². The fraction of sp³-hybridized carbons (Fsp3) is 0.174. The summed E-state index contributed by atoms with van der Waals surface area (Å²) in [6.07, 6.45) is 6.43. The molecule has 1 aliphatic heterocycles. The molecule has 1 aromatic carbocycles. The first-order valence-electron chi connectivity index (χ1n) is 9.83. The van der Waals surface area contributed by atoms with Gasteiger partial charge in [-0.3, -0.25) is 15.2 Å². The molecular weight excluding hydrogens is 408 g/mol.